The van der Waals surface area contributed by atoms with E-state index in [9.17, 15) is 4.79 Å². The molecule has 8 rings (SSSR count). The lowest BCUT2D eigenvalue weighted by Gasteiger charge is -2.60. The number of ketones is 1. The maximum Gasteiger partial charge on any atom is 0.244 e. The van der Waals surface area contributed by atoms with Crippen LogP contribution in [0.5, 0.6) is 0 Å². The average Bonchev–Trinajstić information content (AvgIpc) is 3.24. The van der Waals surface area contributed by atoms with Gasteiger partial charge < -0.3 is 17.0 Å². The van der Waals surface area contributed by atoms with Gasteiger partial charge in [0.2, 0.25) is 12.1 Å². The van der Waals surface area contributed by atoms with Gasteiger partial charge in [0.05, 0.1) is 0 Å². The predicted octanol–water partition coefficient (Wildman–Crippen LogP) is 7.09. The lowest BCUT2D eigenvalue weighted by molar-refractivity contribution is -0.682. The molecule has 46 heavy (non-hydrogen) atoms. The number of fused-ring (bicyclic) bond motifs is 5. The highest BCUT2D eigenvalue weighted by Gasteiger charge is 2.78. The molecule has 4 heteroatoms. The van der Waals surface area contributed by atoms with Gasteiger partial charge in [0, 0.05) is 11.0 Å². The minimum absolute atomic E-state index is 0. The standard InChI is InChI=1S/C42H57N2O.BrH/c1-28(2)9-8-10-29(3)35-15-16-36-34-24-39(42-25-33(42)17-20-41(42,5)37(34)18-19-40(35,36)4)44-22-21-43(27-44)26-38(45)32-14-13-30-11-6-7-12-31(30)23-32;/h6-7,11-14,21-23,27-29,33-37,39H,8-10,15-20,24-26H2,1-5H3;1H/q+1;/p-1/t29-,33-,34+,35-,36+,37+,39+,40-,41-,42+;/m1./s1. The molecule has 248 valence electrons. The van der Waals surface area contributed by atoms with Crippen LogP contribution in [0.25, 0.3) is 10.8 Å². The van der Waals surface area contributed by atoms with E-state index in [0.29, 0.717) is 28.8 Å². The van der Waals surface area contributed by atoms with Crippen molar-refractivity contribution in [1.82, 2.24) is 4.57 Å². The van der Waals surface area contributed by atoms with Crippen molar-refractivity contribution in [2.24, 2.45) is 57.7 Å². The summed E-state index contributed by atoms with van der Waals surface area (Å²) in [5.74, 6) is 6.36. The van der Waals surface area contributed by atoms with Gasteiger partial charge in [0.15, 0.2) is 6.54 Å². The number of nitrogens with zero attached hydrogens (tertiary/aromatic N) is 2. The van der Waals surface area contributed by atoms with Gasteiger partial charge in [-0.1, -0.05) is 90.3 Å². The number of halogens is 1. The van der Waals surface area contributed by atoms with Crippen LogP contribution in [0.4, 0.5) is 0 Å². The van der Waals surface area contributed by atoms with Crippen LogP contribution >= 0.6 is 0 Å². The third kappa shape index (κ3) is 4.92. The summed E-state index contributed by atoms with van der Waals surface area (Å²) in [5.41, 5.74) is 2.29. The fraction of sp³-hybridized carbons (Fsp3) is 0.667. The van der Waals surface area contributed by atoms with Gasteiger partial charge in [0.1, 0.15) is 18.4 Å². The third-order valence-electron chi connectivity index (χ3n) is 15.2. The molecular formula is C42H57BrN2O. The zero-order valence-corrected chi connectivity index (χ0v) is 30.6. The molecule has 0 radical (unpaired) electrons. The SMILES string of the molecule is CC(C)CCC[C@@H](C)[C@H]1CC[C@H]2[C@@H]3C[C@H](n4cc[n+](CC(=O)c5ccc6ccccc6c5)c4)[C@]45C[C@H]4CC[C@]5(C)[C@H]3CC[C@]12C.[Br-]. The molecule has 1 aromatic heterocycles. The highest BCUT2D eigenvalue weighted by molar-refractivity contribution is 5.99. The maximum atomic E-state index is 13.5. The van der Waals surface area contributed by atoms with E-state index >= 15 is 0 Å². The first-order chi connectivity index (χ1) is 21.6. The fourth-order valence-electron chi connectivity index (χ4n) is 13.0. The average molecular weight is 686 g/mol. The van der Waals surface area contributed by atoms with Crippen LogP contribution in [0.2, 0.25) is 0 Å². The van der Waals surface area contributed by atoms with Crippen molar-refractivity contribution in [2.45, 2.75) is 118 Å². The largest absolute Gasteiger partial charge is 1.00 e. The summed E-state index contributed by atoms with van der Waals surface area (Å²) in [7, 11) is 0. The first-order valence-corrected chi connectivity index (χ1v) is 18.7. The zero-order valence-electron chi connectivity index (χ0n) is 29.1. The van der Waals surface area contributed by atoms with Gasteiger partial charge in [-0.15, -0.1) is 0 Å². The highest BCUT2D eigenvalue weighted by atomic mass is 79.9. The van der Waals surface area contributed by atoms with Gasteiger partial charge >= 0.3 is 0 Å². The molecule has 0 bridgehead atoms. The van der Waals surface area contributed by atoms with E-state index in [0.717, 1.165) is 52.4 Å². The van der Waals surface area contributed by atoms with Gasteiger partial charge in [-0.25, -0.2) is 9.13 Å². The van der Waals surface area contributed by atoms with E-state index in [4.69, 9.17) is 0 Å². The molecule has 5 aliphatic carbocycles. The number of rotatable bonds is 9. The topological polar surface area (TPSA) is 25.9 Å². The monoisotopic (exact) mass is 684 g/mol. The van der Waals surface area contributed by atoms with E-state index in [2.05, 4.69) is 98.9 Å². The number of imidazole rings is 1. The van der Waals surface area contributed by atoms with Crippen molar-refractivity contribution >= 4 is 16.6 Å². The summed E-state index contributed by atoms with van der Waals surface area (Å²) in [5, 5.41) is 2.33. The number of hydrogen-bond acceptors (Lipinski definition) is 1. The Morgan fingerprint density at radius 3 is 2.54 bits per heavy atom. The van der Waals surface area contributed by atoms with Crippen LogP contribution < -0.4 is 21.5 Å². The van der Waals surface area contributed by atoms with Crippen molar-refractivity contribution in [2.75, 3.05) is 0 Å². The number of carbonyl (C=O) groups is 1. The minimum atomic E-state index is 0. The molecule has 1 heterocycles. The second kappa shape index (κ2) is 11.9. The second-order valence-electron chi connectivity index (χ2n) is 17.6. The van der Waals surface area contributed by atoms with Crippen molar-refractivity contribution in [3.8, 4) is 0 Å². The number of benzene rings is 2. The lowest BCUT2D eigenvalue weighted by Crippen LogP contribution is -3.00. The first kappa shape index (κ1) is 32.6. The minimum Gasteiger partial charge on any atom is -1.00 e. The van der Waals surface area contributed by atoms with Crippen molar-refractivity contribution in [1.29, 1.82) is 0 Å². The molecule has 1 spiro atoms. The second-order valence-corrected chi connectivity index (χ2v) is 17.6. The number of Topliss-reactive ketones (excluding diaryl/α,β-unsaturated/α-hetero) is 1. The van der Waals surface area contributed by atoms with Crippen LogP contribution in [0.15, 0.2) is 61.2 Å². The normalized spacial score (nSPS) is 38.0. The Bertz CT molecular complexity index is 1590. The third-order valence-corrected chi connectivity index (χ3v) is 15.2. The van der Waals surface area contributed by atoms with Crippen molar-refractivity contribution < 1.29 is 26.3 Å². The van der Waals surface area contributed by atoms with Crippen molar-refractivity contribution in [3.63, 3.8) is 0 Å². The Kier molecular flexibility index (Phi) is 8.42. The molecule has 3 aromatic rings. The summed E-state index contributed by atoms with van der Waals surface area (Å²) in [6.07, 6.45) is 22.6. The number of carbonyl (C=O) groups excluding carboxylic acids is 1. The van der Waals surface area contributed by atoms with Gasteiger partial charge in [-0.3, -0.25) is 4.79 Å². The molecule has 5 aliphatic rings. The smallest absolute Gasteiger partial charge is 0.244 e. The molecule has 10 atom stereocenters. The van der Waals surface area contributed by atoms with Gasteiger partial charge in [-0.05, 0) is 120 Å². The van der Waals surface area contributed by atoms with Crippen molar-refractivity contribution in [3.05, 3.63) is 66.7 Å². The molecule has 0 amide bonds. The summed E-state index contributed by atoms with van der Waals surface area (Å²) in [6.45, 7) is 13.3. The lowest BCUT2D eigenvalue weighted by atomic mass is 9.44. The Morgan fingerprint density at radius 1 is 0.957 bits per heavy atom. The van der Waals surface area contributed by atoms with Crippen LogP contribution in [0.1, 0.15) is 122 Å². The zero-order chi connectivity index (χ0) is 31.1. The van der Waals surface area contributed by atoms with Crippen LogP contribution in [0, 0.1) is 57.7 Å². The molecule has 5 saturated carbocycles. The quantitative estimate of drug-likeness (QED) is 0.175. The molecular weight excluding hydrogens is 628 g/mol. The van der Waals surface area contributed by atoms with E-state index in [1.807, 2.05) is 6.07 Å². The van der Waals surface area contributed by atoms with Crippen LogP contribution in [-0.4, -0.2) is 10.4 Å². The summed E-state index contributed by atoms with van der Waals surface area (Å²) >= 11 is 0. The Morgan fingerprint density at radius 2 is 1.76 bits per heavy atom. The predicted molar refractivity (Wildman–Crippen MR) is 183 cm³/mol. The molecule has 2 aromatic carbocycles. The summed E-state index contributed by atoms with van der Waals surface area (Å²) in [4.78, 5) is 13.5. The number of hydrogen-bond donors (Lipinski definition) is 0. The first-order valence-electron chi connectivity index (χ1n) is 18.7. The van der Waals surface area contributed by atoms with Gasteiger partial charge in [0.25, 0.3) is 0 Å². The Balaban J connectivity index is 0.00000338. The van der Waals surface area contributed by atoms with E-state index < -0.39 is 0 Å². The Hall–Kier alpha value is -1.94. The van der Waals surface area contributed by atoms with E-state index in [1.54, 1.807) is 0 Å². The molecule has 5 fully saturated rings. The summed E-state index contributed by atoms with van der Waals surface area (Å²) in [6, 6.07) is 15.1. The molecule has 0 unspecified atom stereocenters. The van der Waals surface area contributed by atoms with Gasteiger partial charge in [-0.2, -0.15) is 0 Å². The number of aromatic nitrogens is 2. The van der Waals surface area contributed by atoms with Crippen LogP contribution in [-0.2, 0) is 6.54 Å². The molecule has 0 N–H and O–H groups in total. The fourth-order valence-corrected chi connectivity index (χ4v) is 13.0. The molecule has 0 saturated heterocycles. The maximum absolute atomic E-state index is 13.5. The van der Waals surface area contributed by atoms with E-state index in [-0.39, 0.29) is 22.8 Å². The molecule has 0 aliphatic heterocycles. The molecule has 3 nitrogen and oxygen atoms in total. The van der Waals surface area contributed by atoms with Crippen LogP contribution in [0.3, 0.4) is 0 Å². The summed E-state index contributed by atoms with van der Waals surface area (Å²) < 4.78 is 4.76. The Labute approximate surface area is 288 Å². The van der Waals surface area contributed by atoms with E-state index in [1.165, 1.54) is 76.0 Å². The highest BCUT2D eigenvalue weighted by Crippen LogP contribution is 2.84.